The van der Waals surface area contributed by atoms with E-state index in [4.69, 9.17) is 23.2 Å². The number of benzene rings is 2. The van der Waals surface area contributed by atoms with Crippen LogP contribution >= 0.6 is 23.2 Å². The van der Waals surface area contributed by atoms with Gasteiger partial charge in [-0.15, -0.1) is 0 Å². The van der Waals surface area contributed by atoms with E-state index in [1.54, 1.807) is 36.4 Å². The van der Waals surface area contributed by atoms with Crippen molar-refractivity contribution in [2.24, 2.45) is 0 Å². The van der Waals surface area contributed by atoms with Gasteiger partial charge in [0, 0.05) is 48.2 Å². The molecule has 2 aromatic carbocycles. The first kappa shape index (κ1) is 20.5. The number of hydrogen-bond donors (Lipinski definition) is 1. The molecule has 3 rings (SSSR count). The topological polar surface area (TPSA) is 52.7 Å². The number of hydrogen-bond acceptors (Lipinski definition) is 3. The third-order valence-corrected chi connectivity index (χ3v) is 5.20. The number of anilines is 2. The van der Waals surface area contributed by atoms with Gasteiger partial charge < -0.3 is 15.1 Å². The van der Waals surface area contributed by atoms with Crippen LogP contribution in [-0.2, 0) is 4.79 Å². The fourth-order valence-corrected chi connectivity index (χ4v) is 3.64. The Bertz CT molecular complexity index is 864. The molecule has 1 aliphatic rings. The molecular formula is C21H23Cl2N3O2. The Morgan fingerprint density at radius 2 is 1.71 bits per heavy atom. The monoisotopic (exact) mass is 419 g/mol. The molecule has 0 spiro atoms. The van der Waals surface area contributed by atoms with Crippen molar-refractivity contribution in [3.63, 3.8) is 0 Å². The molecule has 0 atom stereocenters. The number of rotatable bonds is 5. The molecule has 0 radical (unpaired) electrons. The van der Waals surface area contributed by atoms with Crippen molar-refractivity contribution in [2.45, 2.75) is 19.8 Å². The molecule has 5 nitrogen and oxygen atoms in total. The lowest BCUT2D eigenvalue weighted by molar-refractivity contribution is -0.131. The van der Waals surface area contributed by atoms with Crippen molar-refractivity contribution in [2.75, 3.05) is 36.4 Å². The van der Waals surface area contributed by atoms with E-state index in [0.717, 1.165) is 12.1 Å². The number of amides is 2. The van der Waals surface area contributed by atoms with Gasteiger partial charge in [-0.05, 0) is 42.8 Å². The van der Waals surface area contributed by atoms with E-state index in [-0.39, 0.29) is 11.8 Å². The highest BCUT2D eigenvalue weighted by Gasteiger charge is 2.23. The fraction of sp³-hybridized carbons (Fsp3) is 0.333. The zero-order valence-corrected chi connectivity index (χ0v) is 17.3. The van der Waals surface area contributed by atoms with Crippen LogP contribution in [0.1, 0.15) is 30.1 Å². The van der Waals surface area contributed by atoms with Crippen molar-refractivity contribution in [3.05, 3.63) is 58.1 Å². The Morgan fingerprint density at radius 3 is 2.39 bits per heavy atom. The molecular weight excluding hydrogens is 397 g/mol. The van der Waals surface area contributed by atoms with E-state index in [2.05, 4.69) is 10.2 Å². The predicted octanol–water partition coefficient (Wildman–Crippen LogP) is 4.69. The molecule has 148 valence electrons. The number of carbonyl (C=O) groups excluding carboxylic acids is 2. The van der Waals surface area contributed by atoms with Gasteiger partial charge in [0.15, 0.2) is 0 Å². The maximum absolute atomic E-state index is 12.6. The summed E-state index contributed by atoms with van der Waals surface area (Å²) in [4.78, 5) is 28.8. The second-order valence-electron chi connectivity index (χ2n) is 6.74. The molecule has 1 saturated heterocycles. The van der Waals surface area contributed by atoms with Crippen molar-refractivity contribution in [3.8, 4) is 0 Å². The summed E-state index contributed by atoms with van der Waals surface area (Å²) >= 11 is 12.2. The minimum Gasteiger partial charge on any atom is -0.366 e. The summed E-state index contributed by atoms with van der Waals surface area (Å²) in [6, 6.07) is 12.3. The normalized spacial score (nSPS) is 14.1. The highest BCUT2D eigenvalue weighted by molar-refractivity contribution is 6.31. The first-order valence-electron chi connectivity index (χ1n) is 9.37. The third kappa shape index (κ3) is 4.97. The Morgan fingerprint density at radius 1 is 1.00 bits per heavy atom. The van der Waals surface area contributed by atoms with E-state index in [0.29, 0.717) is 53.9 Å². The Hall–Kier alpha value is -2.24. The molecule has 7 heteroatoms. The lowest BCUT2D eigenvalue weighted by atomic mass is 10.1. The third-order valence-electron chi connectivity index (χ3n) is 4.73. The van der Waals surface area contributed by atoms with E-state index in [9.17, 15) is 9.59 Å². The average molecular weight is 420 g/mol. The SMILES string of the molecule is CCCC(=O)N1CCN(c2ccc(Cl)cc2NC(=O)c2cccc(Cl)c2)CC1. The number of halogens is 2. The molecule has 28 heavy (non-hydrogen) atoms. The molecule has 1 fully saturated rings. The largest absolute Gasteiger partial charge is 0.366 e. The van der Waals surface area contributed by atoms with Crippen molar-refractivity contribution >= 4 is 46.4 Å². The lowest BCUT2D eigenvalue weighted by Gasteiger charge is -2.37. The molecule has 0 saturated carbocycles. The van der Waals surface area contributed by atoms with Crippen LogP contribution in [0, 0.1) is 0 Å². The number of nitrogens with zero attached hydrogens (tertiary/aromatic N) is 2. The summed E-state index contributed by atoms with van der Waals surface area (Å²) in [7, 11) is 0. The highest BCUT2D eigenvalue weighted by Crippen LogP contribution is 2.30. The fourth-order valence-electron chi connectivity index (χ4n) is 3.28. The van der Waals surface area contributed by atoms with Crippen molar-refractivity contribution in [1.82, 2.24) is 4.90 Å². The van der Waals surface area contributed by atoms with Crippen LogP contribution < -0.4 is 10.2 Å². The summed E-state index contributed by atoms with van der Waals surface area (Å²) in [6.07, 6.45) is 1.44. The number of nitrogens with one attached hydrogen (secondary N) is 1. The van der Waals surface area contributed by atoms with Gasteiger partial charge in [0.1, 0.15) is 0 Å². The lowest BCUT2D eigenvalue weighted by Crippen LogP contribution is -2.48. The quantitative estimate of drug-likeness (QED) is 0.764. The standard InChI is InChI=1S/C21H23Cl2N3O2/c1-2-4-20(27)26-11-9-25(10-12-26)19-8-7-17(23)14-18(19)24-21(28)15-5-3-6-16(22)13-15/h3,5-8,13-14H,2,4,9-12H2,1H3,(H,24,28). The van der Waals surface area contributed by atoms with Gasteiger partial charge in [0.2, 0.25) is 5.91 Å². The van der Waals surface area contributed by atoms with Crippen LogP contribution in [0.5, 0.6) is 0 Å². The second kappa shape index (κ2) is 9.30. The molecule has 0 bridgehead atoms. The molecule has 2 amide bonds. The maximum Gasteiger partial charge on any atom is 0.255 e. The van der Waals surface area contributed by atoms with E-state index < -0.39 is 0 Å². The molecule has 0 unspecified atom stereocenters. The van der Waals surface area contributed by atoms with Crippen LogP contribution in [0.4, 0.5) is 11.4 Å². The van der Waals surface area contributed by atoms with Crippen molar-refractivity contribution < 1.29 is 9.59 Å². The zero-order valence-electron chi connectivity index (χ0n) is 15.8. The summed E-state index contributed by atoms with van der Waals surface area (Å²) < 4.78 is 0. The molecule has 0 aliphatic carbocycles. The second-order valence-corrected chi connectivity index (χ2v) is 7.62. The molecule has 0 aromatic heterocycles. The molecule has 1 aliphatic heterocycles. The van der Waals surface area contributed by atoms with Gasteiger partial charge in [-0.3, -0.25) is 9.59 Å². The minimum absolute atomic E-state index is 0.202. The minimum atomic E-state index is -0.247. The molecule has 1 N–H and O–H groups in total. The maximum atomic E-state index is 12.6. The van der Waals surface area contributed by atoms with Crippen LogP contribution in [0.25, 0.3) is 0 Å². The van der Waals surface area contributed by atoms with Gasteiger partial charge in [-0.1, -0.05) is 36.2 Å². The van der Waals surface area contributed by atoms with E-state index in [1.165, 1.54) is 0 Å². The van der Waals surface area contributed by atoms with E-state index >= 15 is 0 Å². The zero-order chi connectivity index (χ0) is 20.1. The van der Waals surface area contributed by atoms with Gasteiger partial charge in [-0.2, -0.15) is 0 Å². The van der Waals surface area contributed by atoms with Crippen LogP contribution in [0.15, 0.2) is 42.5 Å². The summed E-state index contributed by atoms with van der Waals surface area (Å²) in [6.45, 7) is 4.76. The van der Waals surface area contributed by atoms with Crippen LogP contribution in [-0.4, -0.2) is 42.9 Å². The Kier molecular flexibility index (Phi) is 6.81. The van der Waals surface area contributed by atoms with E-state index in [1.807, 2.05) is 17.9 Å². The Labute approximate surface area is 175 Å². The first-order valence-corrected chi connectivity index (χ1v) is 10.1. The predicted molar refractivity (Wildman–Crippen MR) is 115 cm³/mol. The Balaban J connectivity index is 1.75. The molecule has 1 heterocycles. The van der Waals surface area contributed by atoms with Gasteiger partial charge in [0.05, 0.1) is 11.4 Å². The smallest absolute Gasteiger partial charge is 0.255 e. The highest BCUT2D eigenvalue weighted by atomic mass is 35.5. The number of carbonyl (C=O) groups is 2. The summed E-state index contributed by atoms with van der Waals surface area (Å²) in [5, 5.41) is 3.99. The first-order chi connectivity index (χ1) is 13.5. The van der Waals surface area contributed by atoms with Crippen LogP contribution in [0.2, 0.25) is 10.0 Å². The summed E-state index contributed by atoms with van der Waals surface area (Å²) in [5.74, 6) is -0.0458. The summed E-state index contributed by atoms with van der Waals surface area (Å²) in [5.41, 5.74) is 2.02. The van der Waals surface area contributed by atoms with Gasteiger partial charge in [0.25, 0.3) is 5.91 Å². The molecule has 2 aromatic rings. The van der Waals surface area contributed by atoms with Crippen molar-refractivity contribution in [1.29, 1.82) is 0 Å². The van der Waals surface area contributed by atoms with Gasteiger partial charge >= 0.3 is 0 Å². The van der Waals surface area contributed by atoms with Crippen LogP contribution in [0.3, 0.4) is 0 Å². The average Bonchev–Trinajstić information content (AvgIpc) is 2.68. The number of piperazine rings is 1. The van der Waals surface area contributed by atoms with Gasteiger partial charge in [-0.25, -0.2) is 0 Å².